The largest absolute Gasteiger partial charge is 0.486 e. The van der Waals surface area contributed by atoms with Gasteiger partial charge in [-0.1, -0.05) is 11.6 Å². The molecule has 186 valence electrons. The molecule has 1 saturated heterocycles. The molecule has 5 rings (SSSR count). The van der Waals surface area contributed by atoms with Crippen LogP contribution in [0.2, 0.25) is 5.02 Å². The minimum Gasteiger partial charge on any atom is -0.486 e. The first kappa shape index (κ1) is 24.0. The molecule has 0 radical (unpaired) electrons. The molecular formula is C24H28ClN5O4S. The fraction of sp³-hybridized carbons (Fsp3) is 0.458. The van der Waals surface area contributed by atoms with Gasteiger partial charge in [0.15, 0.2) is 22.5 Å². The van der Waals surface area contributed by atoms with Crippen molar-refractivity contribution in [2.75, 3.05) is 32.0 Å². The Hall–Kier alpha value is -2.69. The standard InChI is InChI=1S/C24H28ClN5O4S/c1-14(31)23(32)29-7-3-15(4-8-29)5-9-30-17-2-6-27-22(26)21(17)28-24(30)35-20-13-19-18(12-16(20)25)33-10-11-34-19/h2,6,12-15,31H,3-5,7-11H2,1H3,(H2,26,27)/t14-/m1/s1. The summed E-state index contributed by atoms with van der Waals surface area (Å²) in [5, 5.41) is 10.9. The molecule has 2 aromatic heterocycles. The molecule has 0 spiro atoms. The number of hydrogen-bond acceptors (Lipinski definition) is 8. The summed E-state index contributed by atoms with van der Waals surface area (Å²) in [6.45, 7) is 4.62. The number of piperidine rings is 1. The van der Waals surface area contributed by atoms with Gasteiger partial charge in [-0.2, -0.15) is 0 Å². The van der Waals surface area contributed by atoms with Gasteiger partial charge in [0.25, 0.3) is 5.91 Å². The first-order valence-corrected chi connectivity index (χ1v) is 12.9. The summed E-state index contributed by atoms with van der Waals surface area (Å²) in [4.78, 5) is 23.7. The van der Waals surface area contributed by atoms with Gasteiger partial charge in [0, 0.05) is 36.8 Å². The van der Waals surface area contributed by atoms with Crippen molar-refractivity contribution in [2.45, 2.75) is 48.9 Å². The highest BCUT2D eigenvalue weighted by atomic mass is 35.5. The minimum absolute atomic E-state index is 0.193. The average molecular weight is 518 g/mol. The molecule has 1 atom stereocenters. The van der Waals surface area contributed by atoms with Crippen molar-refractivity contribution >= 4 is 46.1 Å². The van der Waals surface area contributed by atoms with Crippen LogP contribution < -0.4 is 15.2 Å². The number of fused-ring (bicyclic) bond motifs is 2. The summed E-state index contributed by atoms with van der Waals surface area (Å²) in [5.74, 6) is 1.99. The predicted octanol–water partition coefficient (Wildman–Crippen LogP) is 3.60. The predicted molar refractivity (Wildman–Crippen MR) is 134 cm³/mol. The van der Waals surface area contributed by atoms with Crippen molar-refractivity contribution in [3.05, 3.63) is 29.4 Å². The highest BCUT2D eigenvalue weighted by Gasteiger charge is 2.26. The summed E-state index contributed by atoms with van der Waals surface area (Å²) < 4.78 is 13.5. The molecule has 9 nitrogen and oxygen atoms in total. The van der Waals surface area contributed by atoms with Gasteiger partial charge in [0.05, 0.1) is 10.5 Å². The number of nitrogens with two attached hydrogens (primary N) is 1. The molecule has 0 unspecified atom stereocenters. The lowest BCUT2D eigenvalue weighted by atomic mass is 9.93. The third kappa shape index (κ3) is 5.00. The molecule has 3 aromatic rings. The second-order valence-electron chi connectivity index (χ2n) is 8.87. The number of anilines is 1. The van der Waals surface area contributed by atoms with Crippen LogP contribution in [0, 0.1) is 5.92 Å². The Labute approximate surface area is 212 Å². The molecule has 1 aromatic carbocycles. The molecule has 2 aliphatic rings. The molecule has 4 heterocycles. The zero-order chi connectivity index (χ0) is 24.5. The number of benzene rings is 1. The number of ether oxygens (including phenoxy) is 2. The van der Waals surface area contributed by atoms with Gasteiger partial charge < -0.3 is 29.8 Å². The van der Waals surface area contributed by atoms with Gasteiger partial charge in [0.2, 0.25) is 0 Å². The molecule has 0 bridgehead atoms. The molecule has 0 aliphatic carbocycles. The topological polar surface area (TPSA) is 116 Å². The molecule has 35 heavy (non-hydrogen) atoms. The second kappa shape index (κ2) is 10.1. The number of carbonyl (C=O) groups excluding carboxylic acids is 1. The molecule has 0 saturated carbocycles. The van der Waals surface area contributed by atoms with Crippen LogP contribution in [-0.4, -0.2) is 62.9 Å². The van der Waals surface area contributed by atoms with Crippen LogP contribution in [0.5, 0.6) is 11.5 Å². The normalized spacial score (nSPS) is 17.1. The summed E-state index contributed by atoms with van der Waals surface area (Å²) in [5.41, 5.74) is 7.74. The Balaban J connectivity index is 1.36. The van der Waals surface area contributed by atoms with Crippen LogP contribution in [0.15, 0.2) is 34.4 Å². The lowest BCUT2D eigenvalue weighted by molar-refractivity contribution is -0.140. The summed E-state index contributed by atoms with van der Waals surface area (Å²) >= 11 is 8.04. The lowest BCUT2D eigenvalue weighted by Gasteiger charge is -2.33. The van der Waals surface area contributed by atoms with Gasteiger partial charge >= 0.3 is 0 Å². The Bertz CT molecular complexity index is 1240. The number of rotatable bonds is 6. The number of amides is 1. The number of aliphatic hydroxyl groups is 1. The molecule has 1 fully saturated rings. The number of aliphatic hydroxyl groups excluding tert-OH is 1. The SMILES string of the molecule is C[C@@H](O)C(=O)N1CCC(CCn2c(Sc3cc4c(cc3Cl)OCCO4)nc3c(N)nccc32)CC1. The van der Waals surface area contributed by atoms with E-state index in [1.54, 1.807) is 17.2 Å². The van der Waals surface area contributed by atoms with Gasteiger partial charge in [0.1, 0.15) is 24.8 Å². The smallest absolute Gasteiger partial charge is 0.251 e. The van der Waals surface area contributed by atoms with E-state index in [0.717, 1.165) is 41.4 Å². The molecule has 3 N–H and O–H groups in total. The maximum Gasteiger partial charge on any atom is 0.251 e. The van der Waals surface area contributed by atoms with E-state index < -0.39 is 6.10 Å². The van der Waals surface area contributed by atoms with E-state index in [1.165, 1.54) is 18.7 Å². The Morgan fingerprint density at radius 3 is 2.71 bits per heavy atom. The maximum atomic E-state index is 12.1. The van der Waals surface area contributed by atoms with Crippen molar-refractivity contribution in [2.24, 2.45) is 5.92 Å². The highest BCUT2D eigenvalue weighted by Crippen LogP contribution is 2.42. The van der Waals surface area contributed by atoms with E-state index >= 15 is 0 Å². The van der Waals surface area contributed by atoms with Gasteiger partial charge in [-0.25, -0.2) is 9.97 Å². The third-order valence-electron chi connectivity index (χ3n) is 6.50. The van der Waals surface area contributed by atoms with E-state index in [2.05, 4.69) is 9.55 Å². The summed E-state index contributed by atoms with van der Waals surface area (Å²) in [6, 6.07) is 5.60. The number of imidazole rings is 1. The lowest BCUT2D eigenvalue weighted by Crippen LogP contribution is -2.43. The molecule has 1 amide bonds. The fourth-order valence-corrected chi connectivity index (χ4v) is 5.81. The number of aromatic nitrogens is 3. The van der Waals surface area contributed by atoms with E-state index in [-0.39, 0.29) is 5.91 Å². The van der Waals surface area contributed by atoms with E-state index in [4.69, 9.17) is 31.8 Å². The van der Waals surface area contributed by atoms with E-state index in [9.17, 15) is 9.90 Å². The van der Waals surface area contributed by atoms with Gasteiger partial charge in [-0.05, 0) is 56.0 Å². The second-order valence-corrected chi connectivity index (χ2v) is 10.3. The van der Waals surface area contributed by atoms with Gasteiger partial charge in [-0.15, -0.1) is 0 Å². The van der Waals surface area contributed by atoms with Crippen LogP contribution in [0.1, 0.15) is 26.2 Å². The third-order valence-corrected chi connectivity index (χ3v) is 7.98. The minimum atomic E-state index is -0.949. The van der Waals surface area contributed by atoms with Crippen LogP contribution in [-0.2, 0) is 11.3 Å². The van der Waals surface area contributed by atoms with E-state index in [0.29, 0.717) is 60.1 Å². The Morgan fingerprint density at radius 1 is 1.29 bits per heavy atom. The average Bonchev–Trinajstić information content (AvgIpc) is 3.21. The van der Waals surface area contributed by atoms with Crippen molar-refractivity contribution in [3.63, 3.8) is 0 Å². The van der Waals surface area contributed by atoms with Crippen LogP contribution in [0.25, 0.3) is 11.0 Å². The number of nitrogens with zero attached hydrogens (tertiary/aromatic N) is 4. The zero-order valence-corrected chi connectivity index (χ0v) is 21.0. The number of aryl methyl sites for hydroxylation is 1. The number of carbonyl (C=O) groups is 1. The number of nitrogen functional groups attached to an aromatic ring is 1. The molecular weight excluding hydrogens is 490 g/mol. The number of pyridine rings is 1. The quantitative estimate of drug-likeness (QED) is 0.509. The van der Waals surface area contributed by atoms with Crippen LogP contribution in [0.4, 0.5) is 5.82 Å². The van der Waals surface area contributed by atoms with Crippen molar-refractivity contribution in [3.8, 4) is 11.5 Å². The Kier molecular flexibility index (Phi) is 6.95. The number of halogens is 1. The highest BCUT2D eigenvalue weighted by molar-refractivity contribution is 7.99. The number of hydrogen-bond donors (Lipinski definition) is 2. The van der Waals surface area contributed by atoms with Crippen LogP contribution >= 0.6 is 23.4 Å². The molecule has 11 heteroatoms. The summed E-state index contributed by atoms with van der Waals surface area (Å²) in [6.07, 6.45) is 3.50. The first-order valence-electron chi connectivity index (χ1n) is 11.7. The first-order chi connectivity index (χ1) is 16.9. The Morgan fingerprint density at radius 2 is 2.00 bits per heavy atom. The van der Waals surface area contributed by atoms with Crippen LogP contribution in [0.3, 0.4) is 0 Å². The van der Waals surface area contributed by atoms with Crippen molar-refractivity contribution < 1.29 is 19.4 Å². The van der Waals surface area contributed by atoms with Crippen molar-refractivity contribution in [1.29, 1.82) is 0 Å². The zero-order valence-electron chi connectivity index (χ0n) is 19.4. The van der Waals surface area contributed by atoms with Gasteiger partial charge in [-0.3, -0.25) is 4.79 Å². The summed E-state index contributed by atoms with van der Waals surface area (Å²) in [7, 11) is 0. The number of likely N-dealkylation sites (tertiary alicyclic amines) is 1. The monoisotopic (exact) mass is 517 g/mol. The van der Waals surface area contributed by atoms with E-state index in [1.807, 2.05) is 12.1 Å². The fourth-order valence-electron chi connectivity index (χ4n) is 4.58. The van der Waals surface area contributed by atoms with Crippen molar-refractivity contribution in [1.82, 2.24) is 19.4 Å². The maximum absolute atomic E-state index is 12.1. The molecule has 2 aliphatic heterocycles.